The molecule has 0 fully saturated rings. The minimum Gasteiger partial charge on any atom is -0.322 e. The number of hydrogen-bond acceptors (Lipinski definition) is 3. The minimum absolute atomic E-state index is 0.152. The van der Waals surface area contributed by atoms with Gasteiger partial charge in [-0.25, -0.2) is 4.98 Å². The summed E-state index contributed by atoms with van der Waals surface area (Å²) in [6.07, 6.45) is 6.93. The molecule has 0 saturated heterocycles. The van der Waals surface area contributed by atoms with Crippen molar-refractivity contribution in [2.75, 3.05) is 5.32 Å². The lowest BCUT2D eigenvalue weighted by Crippen LogP contribution is -2.12. The number of carbonyl (C=O) groups is 1. The smallest absolute Gasteiger partial charge is 0.257 e. The maximum atomic E-state index is 12.1. The lowest BCUT2D eigenvalue weighted by Gasteiger charge is -2.06. The van der Waals surface area contributed by atoms with E-state index in [1.807, 2.05) is 29.7 Å². The molecule has 94 valence electrons. The third-order valence-electron chi connectivity index (χ3n) is 2.81. The molecule has 0 radical (unpaired) electrons. The van der Waals surface area contributed by atoms with Crippen molar-refractivity contribution in [1.82, 2.24) is 14.4 Å². The van der Waals surface area contributed by atoms with Crippen LogP contribution in [0.2, 0.25) is 0 Å². The van der Waals surface area contributed by atoms with Crippen LogP contribution >= 0.6 is 0 Å². The topological polar surface area (TPSA) is 59.3 Å². The normalized spacial score (nSPS) is 10.6. The van der Waals surface area contributed by atoms with Gasteiger partial charge in [0.2, 0.25) is 0 Å². The molecule has 1 N–H and O–H groups in total. The molecule has 3 heterocycles. The maximum absolute atomic E-state index is 12.1. The molecule has 0 saturated carbocycles. The Morgan fingerprint density at radius 3 is 2.95 bits per heavy atom. The molecule has 0 spiro atoms. The molecular weight excluding hydrogens is 240 g/mol. The van der Waals surface area contributed by atoms with E-state index in [9.17, 15) is 4.79 Å². The van der Waals surface area contributed by atoms with E-state index >= 15 is 0 Å². The van der Waals surface area contributed by atoms with E-state index in [2.05, 4.69) is 15.3 Å². The highest BCUT2D eigenvalue weighted by atomic mass is 16.1. The lowest BCUT2D eigenvalue weighted by atomic mass is 10.2. The van der Waals surface area contributed by atoms with Crippen LogP contribution in [0.4, 0.5) is 5.69 Å². The number of rotatable bonds is 2. The predicted molar refractivity (Wildman–Crippen MR) is 72.1 cm³/mol. The number of anilines is 1. The van der Waals surface area contributed by atoms with Crippen LogP contribution in [0, 0.1) is 6.92 Å². The van der Waals surface area contributed by atoms with Gasteiger partial charge in [0.25, 0.3) is 5.91 Å². The van der Waals surface area contributed by atoms with Crippen LogP contribution in [0.3, 0.4) is 0 Å². The van der Waals surface area contributed by atoms with Crippen molar-refractivity contribution in [2.24, 2.45) is 0 Å². The van der Waals surface area contributed by atoms with E-state index in [-0.39, 0.29) is 5.91 Å². The van der Waals surface area contributed by atoms with Gasteiger partial charge in [-0.1, -0.05) is 0 Å². The second kappa shape index (κ2) is 4.53. The first-order valence-electron chi connectivity index (χ1n) is 5.89. The number of carbonyl (C=O) groups excluding carboxylic acids is 1. The number of hydrogen-bond donors (Lipinski definition) is 1. The summed E-state index contributed by atoms with van der Waals surface area (Å²) < 4.78 is 1.81. The second-order valence-corrected chi connectivity index (χ2v) is 4.25. The van der Waals surface area contributed by atoms with Crippen LogP contribution in [-0.4, -0.2) is 20.3 Å². The van der Waals surface area contributed by atoms with Crippen molar-refractivity contribution >= 4 is 17.2 Å². The van der Waals surface area contributed by atoms with E-state index in [1.54, 1.807) is 30.7 Å². The summed E-state index contributed by atoms with van der Waals surface area (Å²) in [6.45, 7) is 1.88. The summed E-state index contributed by atoms with van der Waals surface area (Å²) in [5.41, 5.74) is 3.00. The lowest BCUT2D eigenvalue weighted by molar-refractivity contribution is 0.102. The van der Waals surface area contributed by atoms with Crippen LogP contribution in [-0.2, 0) is 0 Å². The average Bonchev–Trinajstić information content (AvgIpc) is 2.85. The molecule has 0 aromatic carbocycles. The van der Waals surface area contributed by atoms with Gasteiger partial charge in [-0.2, -0.15) is 0 Å². The van der Waals surface area contributed by atoms with Gasteiger partial charge in [-0.05, 0) is 31.2 Å². The molecule has 0 atom stereocenters. The fourth-order valence-corrected chi connectivity index (χ4v) is 1.88. The van der Waals surface area contributed by atoms with Gasteiger partial charge in [0.05, 0.1) is 5.56 Å². The van der Waals surface area contributed by atoms with Gasteiger partial charge in [0.15, 0.2) is 0 Å². The summed E-state index contributed by atoms with van der Waals surface area (Å²) >= 11 is 0. The Balaban J connectivity index is 1.87. The molecule has 3 aromatic rings. The zero-order chi connectivity index (χ0) is 13.2. The highest BCUT2D eigenvalue weighted by molar-refractivity contribution is 6.04. The Labute approximate surface area is 109 Å². The number of nitrogens with zero attached hydrogens (tertiary/aromatic N) is 3. The maximum Gasteiger partial charge on any atom is 0.257 e. The van der Waals surface area contributed by atoms with Crippen molar-refractivity contribution < 1.29 is 4.79 Å². The summed E-state index contributed by atoms with van der Waals surface area (Å²) in [6, 6.07) is 7.16. The molecule has 0 bridgehead atoms. The fourth-order valence-electron chi connectivity index (χ4n) is 1.88. The first kappa shape index (κ1) is 11.4. The first-order chi connectivity index (χ1) is 9.22. The van der Waals surface area contributed by atoms with Crippen LogP contribution in [0.15, 0.2) is 49.1 Å². The van der Waals surface area contributed by atoms with E-state index in [0.717, 1.165) is 17.0 Å². The molecular formula is C14H12N4O. The summed E-state index contributed by atoms with van der Waals surface area (Å²) in [5.74, 6) is -0.152. The molecule has 3 rings (SSSR count). The highest BCUT2D eigenvalue weighted by Gasteiger charge is 2.07. The summed E-state index contributed by atoms with van der Waals surface area (Å²) in [4.78, 5) is 20.4. The SMILES string of the molecule is Cc1cc(NC(=O)c2ccc3nccn3c2)ccn1. The van der Waals surface area contributed by atoms with Crippen LogP contribution in [0.25, 0.3) is 5.65 Å². The molecule has 1 amide bonds. The van der Waals surface area contributed by atoms with Gasteiger partial charge in [-0.15, -0.1) is 0 Å². The number of aromatic nitrogens is 3. The average molecular weight is 252 g/mol. The molecule has 0 unspecified atom stereocenters. The molecule has 5 heteroatoms. The van der Waals surface area contributed by atoms with Crippen molar-refractivity contribution in [2.45, 2.75) is 6.92 Å². The standard InChI is InChI=1S/C14H12N4O/c1-10-8-12(4-5-15-10)17-14(19)11-2-3-13-16-6-7-18(13)9-11/h2-9H,1H3,(H,15,17,19). The van der Waals surface area contributed by atoms with Gasteiger partial charge in [0, 0.05) is 36.2 Å². The van der Waals surface area contributed by atoms with Gasteiger partial charge in [-0.3, -0.25) is 9.78 Å². The Morgan fingerprint density at radius 2 is 2.11 bits per heavy atom. The summed E-state index contributed by atoms with van der Waals surface area (Å²) in [5, 5.41) is 2.84. The highest BCUT2D eigenvalue weighted by Crippen LogP contribution is 2.10. The minimum atomic E-state index is -0.152. The number of nitrogens with one attached hydrogen (secondary N) is 1. The Hall–Kier alpha value is -2.69. The molecule has 0 aliphatic rings. The molecule has 0 aliphatic heterocycles. The second-order valence-electron chi connectivity index (χ2n) is 4.25. The van der Waals surface area contributed by atoms with Crippen molar-refractivity contribution in [3.8, 4) is 0 Å². The van der Waals surface area contributed by atoms with Crippen LogP contribution in [0.1, 0.15) is 16.1 Å². The third-order valence-corrected chi connectivity index (χ3v) is 2.81. The zero-order valence-electron chi connectivity index (χ0n) is 10.4. The van der Waals surface area contributed by atoms with Crippen LogP contribution < -0.4 is 5.32 Å². The van der Waals surface area contributed by atoms with E-state index in [1.165, 1.54) is 0 Å². The number of aryl methyl sites for hydroxylation is 1. The van der Waals surface area contributed by atoms with Gasteiger partial charge < -0.3 is 9.72 Å². The molecule has 19 heavy (non-hydrogen) atoms. The zero-order valence-corrected chi connectivity index (χ0v) is 10.4. The van der Waals surface area contributed by atoms with Crippen LogP contribution in [0.5, 0.6) is 0 Å². The Morgan fingerprint density at radius 1 is 1.21 bits per heavy atom. The molecule has 5 nitrogen and oxygen atoms in total. The molecule has 3 aromatic heterocycles. The van der Waals surface area contributed by atoms with Crippen molar-refractivity contribution in [3.05, 3.63) is 60.3 Å². The number of pyridine rings is 2. The number of imidazole rings is 1. The monoisotopic (exact) mass is 252 g/mol. The predicted octanol–water partition coefficient (Wildman–Crippen LogP) is 2.29. The van der Waals surface area contributed by atoms with E-state index in [0.29, 0.717) is 5.56 Å². The van der Waals surface area contributed by atoms with Crippen molar-refractivity contribution in [1.29, 1.82) is 0 Å². The first-order valence-corrected chi connectivity index (χ1v) is 5.89. The number of amides is 1. The van der Waals surface area contributed by atoms with Gasteiger partial charge >= 0.3 is 0 Å². The van der Waals surface area contributed by atoms with Crippen molar-refractivity contribution in [3.63, 3.8) is 0 Å². The van der Waals surface area contributed by atoms with Gasteiger partial charge in [0.1, 0.15) is 5.65 Å². The Kier molecular flexibility index (Phi) is 2.72. The van der Waals surface area contributed by atoms with E-state index < -0.39 is 0 Å². The summed E-state index contributed by atoms with van der Waals surface area (Å²) in [7, 11) is 0. The fraction of sp³-hybridized carbons (Fsp3) is 0.0714. The number of fused-ring (bicyclic) bond motifs is 1. The quantitative estimate of drug-likeness (QED) is 0.761. The third kappa shape index (κ3) is 2.30. The molecule has 0 aliphatic carbocycles. The largest absolute Gasteiger partial charge is 0.322 e. The van der Waals surface area contributed by atoms with E-state index in [4.69, 9.17) is 0 Å². The Bertz CT molecular complexity index is 748.